The summed E-state index contributed by atoms with van der Waals surface area (Å²) in [5.74, 6) is -2.38. The van der Waals surface area contributed by atoms with Gasteiger partial charge in [-0.25, -0.2) is 9.78 Å². The maximum Gasteiger partial charge on any atom is 0.341 e. The average Bonchev–Trinajstić information content (AvgIpc) is 4.02. The van der Waals surface area contributed by atoms with Crippen LogP contribution in [0, 0.1) is 36.5 Å². The third-order valence-corrected chi connectivity index (χ3v) is 15.6. The summed E-state index contributed by atoms with van der Waals surface area (Å²) in [5, 5.41) is 69.1. The van der Waals surface area contributed by atoms with E-state index in [0.717, 1.165) is 41.0 Å². The first-order valence-electron chi connectivity index (χ1n) is 23.0. The maximum absolute atomic E-state index is 12.9. The van der Waals surface area contributed by atoms with Crippen molar-refractivity contribution in [1.29, 1.82) is 10.5 Å². The van der Waals surface area contributed by atoms with Crippen LogP contribution in [0.15, 0.2) is 138 Å². The number of ether oxygens (including phenoxy) is 3. The number of hydrogen-bond acceptors (Lipinski definition) is 21. The van der Waals surface area contributed by atoms with E-state index in [0.29, 0.717) is 33.3 Å². The van der Waals surface area contributed by atoms with Crippen molar-refractivity contribution in [2.75, 3.05) is 26.1 Å². The Bertz CT molecular complexity index is 4620. The molecule has 0 atom stereocenters. The Morgan fingerprint density at radius 1 is 0.725 bits per heavy atom. The number of fused-ring (bicyclic) bond motifs is 5. The molecule has 0 spiro atoms. The van der Waals surface area contributed by atoms with Crippen LogP contribution in [-0.4, -0.2) is 90.6 Å². The Kier molecular flexibility index (Phi) is 15.1. The minimum absolute atomic E-state index is 0.0270. The Morgan fingerprint density at radius 2 is 1.43 bits per heavy atom. The van der Waals surface area contributed by atoms with Gasteiger partial charge >= 0.3 is 5.97 Å². The van der Waals surface area contributed by atoms with Gasteiger partial charge in [-0.15, -0.1) is 30.7 Å². The molecule has 0 radical (unpaired) electrons. The van der Waals surface area contributed by atoms with Gasteiger partial charge in [-0.2, -0.15) is 35.8 Å². The van der Waals surface area contributed by atoms with E-state index in [1.165, 1.54) is 23.6 Å². The summed E-state index contributed by atoms with van der Waals surface area (Å²) >= 11 is 0.779. The van der Waals surface area contributed by atoms with Crippen LogP contribution in [0.25, 0.3) is 49.4 Å². The zero-order chi connectivity index (χ0) is 57.4. The number of aliphatic carboxylic acids is 1. The topological polar surface area (TPSA) is 387 Å². The molecule has 9 aromatic rings. The van der Waals surface area contributed by atoms with Crippen molar-refractivity contribution in [3.63, 3.8) is 0 Å². The smallest absolute Gasteiger partial charge is 0.341 e. The van der Waals surface area contributed by atoms with Crippen molar-refractivity contribution < 1.29 is 68.1 Å². The number of nitrogens with zero attached hydrogens (tertiary/aromatic N) is 10. The van der Waals surface area contributed by atoms with Crippen LogP contribution in [0.2, 0.25) is 0 Å². The summed E-state index contributed by atoms with van der Waals surface area (Å²) in [5.41, 5.74) is 1.95. The molecule has 9 rings (SSSR count). The summed E-state index contributed by atoms with van der Waals surface area (Å²) in [6, 6.07) is 28.0. The Morgan fingerprint density at radius 3 is 2.12 bits per heavy atom. The van der Waals surface area contributed by atoms with Crippen molar-refractivity contribution in [1.82, 2.24) is 9.38 Å². The van der Waals surface area contributed by atoms with Gasteiger partial charge in [-0.05, 0) is 102 Å². The predicted molar refractivity (Wildman–Crippen MR) is 289 cm³/mol. The standard InChI is InChI=1S/C51H38N10O15S4/c1-26-15-39(56-58-47-27(2)35(23-52)48-54-37-7-4-5-8-41(37)61(48)51(47)64)43(75-13-6-14-78(65,66)67)22-38(26)55-59-49-36(24-53)46(30-10-9-29-17-32(74-3)12-11-28(29)16-30)50(77-49)60-57-40-21-34-31(19-44(40)80(71,72)73)18-33(79(68,69)70)20-42(34)76-25-45(62)63/h4-5,7-12,15-22,64H,6,13-14,25H2,1-3H3,(H,62,63)(H,65,66,67)(H,68,69,70)(H,71,72,73). The molecule has 0 saturated heterocycles. The first kappa shape index (κ1) is 55.4. The summed E-state index contributed by atoms with van der Waals surface area (Å²) in [6.45, 7) is 1.93. The number of hydrogen-bond donors (Lipinski definition) is 5. The van der Waals surface area contributed by atoms with E-state index in [1.807, 2.05) is 0 Å². The third-order valence-electron chi connectivity index (χ3n) is 12.1. The zero-order valence-electron chi connectivity index (χ0n) is 41.5. The van der Waals surface area contributed by atoms with Gasteiger partial charge in [-0.3, -0.25) is 18.1 Å². The lowest BCUT2D eigenvalue weighted by molar-refractivity contribution is -0.139. The molecule has 3 aromatic heterocycles. The van der Waals surface area contributed by atoms with Gasteiger partial charge < -0.3 is 24.4 Å². The van der Waals surface area contributed by atoms with Crippen LogP contribution in [0.3, 0.4) is 0 Å². The van der Waals surface area contributed by atoms with Gasteiger partial charge in [0.05, 0.1) is 41.1 Å². The molecule has 25 nitrogen and oxygen atoms in total. The first-order valence-corrected chi connectivity index (χ1v) is 28.3. The highest BCUT2D eigenvalue weighted by atomic mass is 32.2. The molecular formula is C51H38N10O15S4. The maximum atomic E-state index is 12.9. The molecule has 0 saturated carbocycles. The fourth-order valence-corrected chi connectivity index (χ4v) is 10.9. The van der Waals surface area contributed by atoms with Crippen molar-refractivity contribution in [3.8, 4) is 46.4 Å². The summed E-state index contributed by atoms with van der Waals surface area (Å²) < 4.78 is 121. The summed E-state index contributed by atoms with van der Waals surface area (Å²) in [7, 11) is -13.0. The third kappa shape index (κ3) is 11.5. The predicted octanol–water partition coefficient (Wildman–Crippen LogP) is 11.5. The van der Waals surface area contributed by atoms with Gasteiger partial charge in [0.1, 0.15) is 61.8 Å². The van der Waals surface area contributed by atoms with Crippen LogP contribution >= 0.6 is 11.3 Å². The van der Waals surface area contributed by atoms with E-state index < -0.39 is 69.9 Å². The molecule has 0 aliphatic rings. The second kappa shape index (κ2) is 21.8. The molecular weight excluding hydrogens is 1120 g/mol. The fourth-order valence-electron chi connectivity index (χ4n) is 8.35. The van der Waals surface area contributed by atoms with Gasteiger partial charge in [0.15, 0.2) is 22.9 Å². The number of benzene rings is 6. The van der Waals surface area contributed by atoms with E-state index in [1.54, 1.807) is 74.5 Å². The summed E-state index contributed by atoms with van der Waals surface area (Å²) in [4.78, 5) is 14.3. The van der Waals surface area contributed by atoms with E-state index in [4.69, 9.17) is 14.2 Å². The van der Waals surface area contributed by atoms with Gasteiger partial charge in [0.25, 0.3) is 30.4 Å². The highest BCUT2D eigenvalue weighted by molar-refractivity contribution is 7.86. The number of azo groups is 3. The van der Waals surface area contributed by atoms with Crippen molar-refractivity contribution in [2.24, 2.45) is 30.7 Å². The van der Waals surface area contributed by atoms with Crippen molar-refractivity contribution in [2.45, 2.75) is 30.1 Å². The number of imidazole rings is 1. The Hall–Kier alpha value is -9.33. The number of carboxylic acid groups (broad SMARTS) is 1. The average molecular weight is 1160 g/mol. The molecule has 0 amide bonds. The molecule has 406 valence electrons. The van der Waals surface area contributed by atoms with Crippen molar-refractivity contribution >= 4 is 119 Å². The lowest BCUT2D eigenvalue weighted by Gasteiger charge is -2.12. The van der Waals surface area contributed by atoms with Crippen LogP contribution in [0.5, 0.6) is 23.1 Å². The van der Waals surface area contributed by atoms with Crippen LogP contribution in [-0.2, 0) is 35.1 Å². The SMILES string of the molecule is COc1ccc2cc(-c3c(N=Nc4cc5c(OCC(=O)O)cc(S(=O)(=O)O)cc5cc4S(=O)(=O)O)sc(N=Nc4cc(OCCCS(=O)(=O)O)c(N=Nc5c(C)c(C#N)c6nc7ccccc7n6c5O)cc4C)c3C#N)ccc2c1. The van der Waals surface area contributed by atoms with Crippen molar-refractivity contribution in [3.05, 3.63) is 119 Å². The number of aromatic hydroxyl groups is 1. The number of pyridine rings is 1. The minimum Gasteiger partial charge on any atom is -0.497 e. The second-order valence-electron chi connectivity index (χ2n) is 17.3. The normalized spacial score (nSPS) is 12.3. The quantitative estimate of drug-likeness (QED) is 0.0303. The monoisotopic (exact) mass is 1160 g/mol. The molecule has 0 fully saturated rings. The zero-order valence-corrected chi connectivity index (χ0v) is 44.8. The molecule has 0 aliphatic heterocycles. The molecule has 3 heterocycles. The van der Waals surface area contributed by atoms with Crippen LogP contribution in [0.4, 0.5) is 32.8 Å². The van der Waals surface area contributed by atoms with Gasteiger partial charge in [-0.1, -0.05) is 41.7 Å². The van der Waals surface area contributed by atoms with E-state index >= 15 is 0 Å². The second-order valence-corrected chi connectivity index (χ2v) is 22.7. The van der Waals surface area contributed by atoms with Gasteiger partial charge in [0.2, 0.25) is 5.88 Å². The number of rotatable bonds is 18. The highest BCUT2D eigenvalue weighted by Crippen LogP contribution is 2.50. The molecule has 0 bridgehead atoms. The number of para-hydroxylation sites is 2. The number of thiophene rings is 1. The largest absolute Gasteiger partial charge is 0.497 e. The number of aromatic nitrogens is 2. The fraction of sp³-hybridized carbons (Fsp3) is 0.137. The molecule has 0 unspecified atom stereocenters. The number of carbonyl (C=O) groups is 1. The lowest BCUT2D eigenvalue weighted by atomic mass is 10.00. The van der Waals surface area contributed by atoms with E-state index in [9.17, 15) is 64.4 Å². The summed E-state index contributed by atoms with van der Waals surface area (Å²) in [6.07, 6.45) is -0.168. The lowest BCUT2D eigenvalue weighted by Crippen LogP contribution is -2.10. The molecule has 0 aliphatic carbocycles. The van der Waals surface area contributed by atoms with Crippen LogP contribution < -0.4 is 14.2 Å². The molecule has 80 heavy (non-hydrogen) atoms. The number of nitriles is 2. The van der Waals surface area contributed by atoms with E-state index in [2.05, 4.69) is 47.8 Å². The Labute approximate surface area is 456 Å². The van der Waals surface area contributed by atoms with E-state index in [-0.39, 0.29) is 90.4 Å². The number of aryl methyl sites for hydroxylation is 1. The highest BCUT2D eigenvalue weighted by Gasteiger charge is 2.26. The van der Waals surface area contributed by atoms with Gasteiger partial charge in [0, 0.05) is 28.6 Å². The molecule has 29 heteroatoms. The van der Waals surface area contributed by atoms with Crippen LogP contribution in [0.1, 0.15) is 28.7 Å². The first-order chi connectivity index (χ1) is 38.0. The molecule has 6 aromatic carbocycles. The molecule has 5 N–H and O–H groups in total. The number of carboxylic acids is 1. The Balaban J connectivity index is 1.17. The number of methoxy groups -OCH3 is 1. The minimum atomic E-state index is -5.20.